The van der Waals surface area contributed by atoms with Crippen LogP contribution >= 0.6 is 0 Å². The van der Waals surface area contributed by atoms with Crippen LogP contribution in [0.3, 0.4) is 0 Å². The molecule has 0 atom stereocenters. The van der Waals surface area contributed by atoms with Crippen molar-refractivity contribution < 1.29 is 9.47 Å². The predicted octanol–water partition coefficient (Wildman–Crippen LogP) is 4.39. The summed E-state index contributed by atoms with van der Waals surface area (Å²) in [6.07, 6.45) is 1.51. The average molecular weight is 307 g/mol. The minimum atomic E-state index is -1.41. The van der Waals surface area contributed by atoms with Gasteiger partial charge in [0.05, 0.1) is 12.5 Å². The summed E-state index contributed by atoms with van der Waals surface area (Å²) in [5.74, 6) is 1.78. The van der Waals surface area contributed by atoms with Crippen molar-refractivity contribution in [1.82, 2.24) is 0 Å². The van der Waals surface area contributed by atoms with Crippen molar-refractivity contribution in [3.05, 3.63) is 48.8 Å². The van der Waals surface area contributed by atoms with Crippen molar-refractivity contribution in [3.8, 4) is 11.5 Å². The first-order valence-corrected chi connectivity index (χ1v) is 13.5. The van der Waals surface area contributed by atoms with E-state index in [0.717, 1.165) is 24.0 Å². The highest BCUT2D eigenvalue weighted by Crippen LogP contribution is 2.19. The van der Waals surface area contributed by atoms with Gasteiger partial charge in [-0.15, -0.1) is 13.2 Å². The molecule has 0 spiro atoms. The molecular formula is C16H26O2Si2. The highest BCUT2D eigenvalue weighted by Gasteiger charge is 2.18. The van der Waals surface area contributed by atoms with Gasteiger partial charge < -0.3 is 9.47 Å². The van der Waals surface area contributed by atoms with Gasteiger partial charge >= 0.3 is 0 Å². The van der Waals surface area contributed by atoms with Crippen LogP contribution in [0.2, 0.25) is 26.2 Å². The molecule has 0 radical (unpaired) electrons. The van der Waals surface area contributed by atoms with Crippen molar-refractivity contribution in [2.75, 3.05) is 12.5 Å². The third kappa shape index (κ3) is 5.80. The van der Waals surface area contributed by atoms with Crippen LogP contribution in [0, 0.1) is 0 Å². The normalized spacial score (nSPS) is 11.8. The Balaban J connectivity index is 2.52. The Kier molecular flexibility index (Phi) is 5.83. The summed E-state index contributed by atoms with van der Waals surface area (Å²) in [5, 5.41) is 0. The van der Waals surface area contributed by atoms with E-state index in [1.54, 1.807) is 0 Å². The maximum atomic E-state index is 5.81. The monoisotopic (exact) mass is 306 g/mol. The molecule has 4 heteroatoms. The molecule has 0 N–H and O–H groups in total. The topological polar surface area (TPSA) is 18.5 Å². The van der Waals surface area contributed by atoms with E-state index < -0.39 is 16.1 Å². The van der Waals surface area contributed by atoms with Crippen LogP contribution in [0.5, 0.6) is 11.5 Å². The zero-order valence-corrected chi connectivity index (χ0v) is 15.1. The predicted molar refractivity (Wildman–Crippen MR) is 92.8 cm³/mol. The maximum absolute atomic E-state index is 5.81. The summed E-state index contributed by atoms with van der Waals surface area (Å²) >= 11 is 0. The van der Waals surface area contributed by atoms with Crippen LogP contribution < -0.4 is 9.47 Å². The van der Waals surface area contributed by atoms with Crippen LogP contribution in [-0.4, -0.2) is 28.6 Å². The van der Waals surface area contributed by atoms with Crippen LogP contribution in [0.25, 0.3) is 0 Å². The second-order valence-electron chi connectivity index (χ2n) is 6.43. The first-order valence-electron chi connectivity index (χ1n) is 6.91. The van der Waals surface area contributed by atoms with Crippen molar-refractivity contribution >= 4 is 16.1 Å². The summed E-state index contributed by atoms with van der Waals surface area (Å²) in [6, 6.07) is 7.85. The van der Waals surface area contributed by atoms with Crippen molar-refractivity contribution in [2.24, 2.45) is 0 Å². The highest BCUT2D eigenvalue weighted by atomic mass is 28.3. The summed E-state index contributed by atoms with van der Waals surface area (Å²) < 4.78 is 11.6. The molecule has 110 valence electrons. The minimum Gasteiger partial charge on any atom is -0.497 e. The molecule has 2 nitrogen and oxygen atoms in total. The van der Waals surface area contributed by atoms with E-state index in [4.69, 9.17) is 9.47 Å². The molecule has 0 aliphatic carbocycles. The summed E-state index contributed by atoms with van der Waals surface area (Å²) in [7, 11) is -2.83. The van der Waals surface area contributed by atoms with Gasteiger partial charge in [-0.1, -0.05) is 37.6 Å². The molecule has 0 amide bonds. The van der Waals surface area contributed by atoms with Gasteiger partial charge in [-0.25, -0.2) is 0 Å². The molecule has 20 heavy (non-hydrogen) atoms. The fourth-order valence-electron chi connectivity index (χ4n) is 1.29. The molecule has 0 aliphatic heterocycles. The first-order chi connectivity index (χ1) is 9.28. The van der Waals surface area contributed by atoms with Crippen molar-refractivity contribution in [1.29, 1.82) is 0 Å². The molecule has 0 aromatic heterocycles. The van der Waals surface area contributed by atoms with Gasteiger partial charge in [0.2, 0.25) is 0 Å². The number of benzene rings is 1. The Morgan fingerprint density at radius 2 is 1.10 bits per heavy atom. The first kappa shape index (κ1) is 16.8. The Hall–Kier alpha value is -1.27. The largest absolute Gasteiger partial charge is 0.497 e. The molecule has 1 aromatic rings. The van der Waals surface area contributed by atoms with Gasteiger partial charge in [0.25, 0.3) is 0 Å². The lowest BCUT2D eigenvalue weighted by Crippen LogP contribution is -2.32. The zero-order chi connectivity index (χ0) is 15.2. The van der Waals surface area contributed by atoms with E-state index in [9.17, 15) is 0 Å². The summed E-state index contributed by atoms with van der Waals surface area (Å²) in [5.41, 5.74) is 4.10. The molecular weight excluding hydrogens is 280 g/mol. The van der Waals surface area contributed by atoms with Crippen molar-refractivity contribution in [2.45, 2.75) is 26.2 Å². The van der Waals surface area contributed by atoms with E-state index in [2.05, 4.69) is 39.3 Å². The molecule has 1 rings (SSSR count). The Morgan fingerprint density at radius 3 is 1.35 bits per heavy atom. The zero-order valence-electron chi connectivity index (χ0n) is 13.1. The number of rotatable bonds is 8. The number of hydrogen-bond donors (Lipinski definition) is 0. The van der Waals surface area contributed by atoms with Crippen molar-refractivity contribution in [3.63, 3.8) is 0 Å². The molecule has 0 bridgehead atoms. The second-order valence-corrected chi connectivity index (χ2v) is 15.8. The van der Waals surface area contributed by atoms with Gasteiger partial charge in [0.1, 0.15) is 27.6 Å². The third-order valence-electron chi connectivity index (χ3n) is 3.15. The highest BCUT2D eigenvalue weighted by molar-refractivity contribution is 6.82. The molecule has 0 heterocycles. The summed E-state index contributed by atoms with van der Waals surface area (Å²) in [4.78, 5) is 0. The minimum absolute atomic E-state index is 0.757. The van der Waals surface area contributed by atoms with Crippen LogP contribution in [0.4, 0.5) is 0 Å². The SMILES string of the molecule is C=C[Si](C)(C)COc1ccc(OC[Si](C)(C)C=C)cc1. The number of ether oxygens (including phenoxy) is 2. The molecule has 1 aromatic carbocycles. The lowest BCUT2D eigenvalue weighted by molar-refractivity contribution is 0.368. The lowest BCUT2D eigenvalue weighted by Gasteiger charge is -2.19. The van der Waals surface area contributed by atoms with Gasteiger partial charge in [0, 0.05) is 0 Å². The Morgan fingerprint density at radius 1 is 0.800 bits per heavy atom. The fourth-order valence-corrected chi connectivity index (χ4v) is 2.60. The van der Waals surface area contributed by atoms with Gasteiger partial charge in [-0.2, -0.15) is 0 Å². The molecule has 0 aliphatic rings. The maximum Gasteiger partial charge on any atom is 0.119 e. The lowest BCUT2D eigenvalue weighted by atomic mass is 10.3. The second kappa shape index (κ2) is 6.95. The van der Waals surface area contributed by atoms with Crippen LogP contribution in [-0.2, 0) is 0 Å². The molecule has 0 saturated carbocycles. The molecule has 0 fully saturated rings. The van der Waals surface area contributed by atoms with Gasteiger partial charge in [-0.05, 0) is 24.3 Å². The summed E-state index contributed by atoms with van der Waals surface area (Å²) in [6.45, 7) is 16.7. The molecule has 0 saturated heterocycles. The van der Waals surface area contributed by atoms with Gasteiger partial charge in [0.15, 0.2) is 0 Å². The molecule has 0 unspecified atom stereocenters. The van der Waals surface area contributed by atoms with E-state index in [-0.39, 0.29) is 0 Å². The standard InChI is InChI=1S/C16H26O2Si2/c1-7-19(3,4)13-17-15-9-11-16(12-10-15)18-14-20(5,6)8-2/h7-12H,1-2,13-14H2,3-6H3. The Labute approximate surface area is 125 Å². The van der Waals surface area contributed by atoms with Crippen LogP contribution in [0.15, 0.2) is 48.8 Å². The fraction of sp³-hybridized carbons (Fsp3) is 0.375. The number of hydrogen-bond acceptors (Lipinski definition) is 2. The average Bonchev–Trinajstić information content (AvgIpc) is 2.44. The van der Waals surface area contributed by atoms with Crippen LogP contribution in [0.1, 0.15) is 0 Å². The quantitative estimate of drug-likeness (QED) is 0.663. The van der Waals surface area contributed by atoms with Gasteiger partial charge in [-0.3, -0.25) is 0 Å². The van der Waals surface area contributed by atoms with E-state index in [0.29, 0.717) is 0 Å². The van der Waals surface area contributed by atoms with E-state index in [1.165, 1.54) is 0 Å². The van der Waals surface area contributed by atoms with E-state index in [1.807, 2.05) is 35.7 Å². The smallest absolute Gasteiger partial charge is 0.119 e. The van der Waals surface area contributed by atoms with E-state index >= 15 is 0 Å². The Bertz CT molecular complexity index is 407. The third-order valence-corrected chi connectivity index (χ3v) is 7.14.